The highest BCUT2D eigenvalue weighted by Crippen LogP contribution is 2.37. The van der Waals surface area contributed by atoms with Crippen LogP contribution in [0.5, 0.6) is 5.75 Å². The second-order valence-electron chi connectivity index (χ2n) is 5.25. The number of hydrogen-bond acceptors (Lipinski definition) is 2. The van der Waals surface area contributed by atoms with Crippen LogP contribution in [-0.2, 0) is 0 Å². The molecule has 1 aromatic carbocycles. The summed E-state index contributed by atoms with van der Waals surface area (Å²) >= 11 is 12.0. The molecule has 1 saturated heterocycles. The Morgan fingerprint density at radius 2 is 2.11 bits per heavy atom. The molecule has 0 radical (unpaired) electrons. The summed E-state index contributed by atoms with van der Waals surface area (Å²) in [7, 11) is 0. The smallest absolute Gasteiger partial charge is 0.175 e. The number of benzene rings is 1. The van der Waals surface area contributed by atoms with Crippen LogP contribution in [0, 0.1) is 17.7 Å². The van der Waals surface area contributed by atoms with Crippen molar-refractivity contribution in [2.75, 3.05) is 13.1 Å². The van der Waals surface area contributed by atoms with Crippen molar-refractivity contribution >= 4 is 23.2 Å². The van der Waals surface area contributed by atoms with Gasteiger partial charge in [0.05, 0.1) is 5.02 Å². The van der Waals surface area contributed by atoms with Crippen LogP contribution in [0.3, 0.4) is 0 Å². The van der Waals surface area contributed by atoms with Gasteiger partial charge in [-0.3, -0.25) is 0 Å². The minimum atomic E-state index is -0.467. The molecule has 2 nitrogen and oxygen atoms in total. The van der Waals surface area contributed by atoms with Crippen molar-refractivity contribution in [3.05, 3.63) is 28.0 Å². The molecule has 0 aromatic heterocycles. The number of rotatable bonds is 4. The van der Waals surface area contributed by atoms with Gasteiger partial charge in [0.15, 0.2) is 11.6 Å². The Bertz CT molecular complexity index is 447. The minimum absolute atomic E-state index is 0.0690. The number of ether oxygens (including phenoxy) is 1. The first-order valence-electron chi connectivity index (χ1n) is 6.51. The molecular formula is C14H18Cl2FNO. The monoisotopic (exact) mass is 305 g/mol. The summed E-state index contributed by atoms with van der Waals surface area (Å²) in [6.45, 7) is 6.00. The van der Waals surface area contributed by atoms with Crippen LogP contribution in [0.2, 0.25) is 10.0 Å². The third-order valence-electron chi connectivity index (χ3n) is 3.48. The molecule has 19 heavy (non-hydrogen) atoms. The second-order valence-corrected chi connectivity index (χ2v) is 6.04. The highest BCUT2D eigenvalue weighted by Gasteiger charge is 2.30. The average molecular weight is 306 g/mol. The predicted molar refractivity (Wildman–Crippen MR) is 76.7 cm³/mol. The summed E-state index contributed by atoms with van der Waals surface area (Å²) in [5.74, 6) is 0.250. The average Bonchev–Trinajstić information content (AvgIpc) is 2.87. The van der Waals surface area contributed by atoms with Crippen LogP contribution in [-0.4, -0.2) is 19.2 Å². The lowest BCUT2D eigenvalue weighted by atomic mass is 9.92. The van der Waals surface area contributed by atoms with Crippen LogP contribution in [0.25, 0.3) is 0 Å². The minimum Gasteiger partial charge on any atom is -0.485 e. The SMILES string of the molecule is CC(C)[C@H](Oc1c(F)ccc(Cl)c1Cl)[C@H]1CCNC1. The Hall–Kier alpha value is -0.510. The maximum Gasteiger partial charge on any atom is 0.175 e. The van der Waals surface area contributed by atoms with Gasteiger partial charge in [0, 0.05) is 12.5 Å². The molecular weight excluding hydrogens is 288 g/mol. The molecule has 1 N–H and O–H groups in total. The first-order chi connectivity index (χ1) is 9.00. The van der Waals surface area contributed by atoms with E-state index < -0.39 is 5.82 Å². The fraction of sp³-hybridized carbons (Fsp3) is 0.571. The summed E-state index contributed by atoms with van der Waals surface area (Å²) in [4.78, 5) is 0. The molecule has 2 atom stereocenters. The fourth-order valence-corrected chi connectivity index (χ4v) is 2.83. The molecule has 0 saturated carbocycles. The maximum atomic E-state index is 13.9. The Labute approximate surface area is 123 Å². The topological polar surface area (TPSA) is 21.3 Å². The summed E-state index contributed by atoms with van der Waals surface area (Å²) in [5, 5.41) is 3.76. The van der Waals surface area contributed by atoms with Crippen molar-refractivity contribution in [2.24, 2.45) is 11.8 Å². The molecule has 1 heterocycles. The van der Waals surface area contributed by atoms with E-state index in [1.54, 1.807) is 0 Å². The van der Waals surface area contributed by atoms with Gasteiger partial charge < -0.3 is 10.1 Å². The van der Waals surface area contributed by atoms with Crippen molar-refractivity contribution in [3.63, 3.8) is 0 Å². The van der Waals surface area contributed by atoms with Gasteiger partial charge in [-0.1, -0.05) is 37.0 Å². The van der Waals surface area contributed by atoms with Crippen molar-refractivity contribution < 1.29 is 9.13 Å². The third-order valence-corrected chi connectivity index (χ3v) is 4.26. The fourth-order valence-electron chi connectivity index (χ4n) is 2.49. The van der Waals surface area contributed by atoms with E-state index in [4.69, 9.17) is 27.9 Å². The van der Waals surface area contributed by atoms with Crippen molar-refractivity contribution in [3.8, 4) is 5.75 Å². The van der Waals surface area contributed by atoms with Crippen LogP contribution in [0.4, 0.5) is 4.39 Å². The van der Waals surface area contributed by atoms with Crippen molar-refractivity contribution in [1.29, 1.82) is 0 Å². The summed E-state index contributed by atoms with van der Waals surface area (Å²) in [5.41, 5.74) is 0. The molecule has 106 valence electrons. The quantitative estimate of drug-likeness (QED) is 0.844. The standard InChI is InChI=1S/C14H18Cl2FNO/c1-8(2)13(9-5-6-18-7-9)19-14-11(17)4-3-10(15)12(14)16/h3-4,8-9,13,18H,5-7H2,1-2H3/t9-,13-/m0/s1. The zero-order chi connectivity index (χ0) is 14.0. The molecule has 1 aromatic rings. The van der Waals surface area contributed by atoms with E-state index in [1.807, 2.05) is 0 Å². The van der Waals surface area contributed by atoms with E-state index in [0.717, 1.165) is 19.5 Å². The summed E-state index contributed by atoms with van der Waals surface area (Å²) in [6, 6.07) is 2.72. The van der Waals surface area contributed by atoms with Crippen molar-refractivity contribution in [1.82, 2.24) is 5.32 Å². The molecule has 5 heteroatoms. The van der Waals surface area contributed by atoms with Crippen molar-refractivity contribution in [2.45, 2.75) is 26.4 Å². The van der Waals surface area contributed by atoms with Gasteiger partial charge in [-0.15, -0.1) is 0 Å². The Balaban J connectivity index is 2.24. The molecule has 2 rings (SSSR count). The van der Waals surface area contributed by atoms with Gasteiger partial charge in [-0.2, -0.15) is 0 Å². The van der Waals surface area contributed by atoms with Gasteiger partial charge in [0.25, 0.3) is 0 Å². The molecule has 0 aliphatic carbocycles. The highest BCUT2D eigenvalue weighted by molar-refractivity contribution is 6.42. The number of halogens is 3. The number of hydrogen-bond donors (Lipinski definition) is 1. The molecule has 0 unspecified atom stereocenters. The molecule has 0 spiro atoms. The lowest BCUT2D eigenvalue weighted by Crippen LogP contribution is -2.33. The summed E-state index contributed by atoms with van der Waals surface area (Å²) < 4.78 is 19.7. The van der Waals surface area contributed by atoms with Gasteiger partial charge >= 0.3 is 0 Å². The van der Waals surface area contributed by atoms with Gasteiger partial charge in [0.2, 0.25) is 0 Å². The van der Waals surface area contributed by atoms with Crippen LogP contribution < -0.4 is 10.1 Å². The zero-order valence-corrected chi connectivity index (χ0v) is 12.6. The van der Waals surface area contributed by atoms with Crippen LogP contribution in [0.1, 0.15) is 20.3 Å². The van der Waals surface area contributed by atoms with Gasteiger partial charge in [-0.05, 0) is 31.0 Å². The van der Waals surface area contributed by atoms with E-state index in [0.29, 0.717) is 10.9 Å². The molecule has 1 aliphatic heterocycles. The van der Waals surface area contributed by atoms with Crippen LogP contribution >= 0.6 is 23.2 Å². The lowest BCUT2D eigenvalue weighted by molar-refractivity contribution is 0.0929. The molecule has 0 bridgehead atoms. The molecule has 0 amide bonds. The second kappa shape index (κ2) is 6.29. The van der Waals surface area contributed by atoms with E-state index >= 15 is 0 Å². The Morgan fingerprint density at radius 3 is 2.68 bits per heavy atom. The lowest BCUT2D eigenvalue weighted by Gasteiger charge is -2.28. The summed E-state index contributed by atoms with van der Waals surface area (Å²) in [6.07, 6.45) is 0.961. The molecule has 1 aliphatic rings. The highest BCUT2D eigenvalue weighted by atomic mass is 35.5. The van der Waals surface area contributed by atoms with Gasteiger partial charge in [-0.25, -0.2) is 4.39 Å². The predicted octanol–water partition coefficient (Wildman–Crippen LogP) is 4.15. The van der Waals surface area contributed by atoms with E-state index in [9.17, 15) is 4.39 Å². The first-order valence-corrected chi connectivity index (χ1v) is 7.27. The Morgan fingerprint density at radius 1 is 1.37 bits per heavy atom. The first kappa shape index (κ1) is 14.9. The van der Waals surface area contributed by atoms with E-state index in [-0.39, 0.29) is 22.8 Å². The van der Waals surface area contributed by atoms with Gasteiger partial charge in [0.1, 0.15) is 11.1 Å². The van der Waals surface area contributed by atoms with E-state index in [1.165, 1.54) is 12.1 Å². The Kier molecular flexibility index (Phi) is 4.93. The van der Waals surface area contributed by atoms with E-state index in [2.05, 4.69) is 19.2 Å². The maximum absolute atomic E-state index is 13.9. The number of nitrogens with one attached hydrogen (secondary N) is 1. The van der Waals surface area contributed by atoms with Crippen LogP contribution in [0.15, 0.2) is 12.1 Å². The third kappa shape index (κ3) is 3.33. The largest absolute Gasteiger partial charge is 0.485 e. The zero-order valence-electron chi connectivity index (χ0n) is 11.1. The normalized spacial score (nSPS) is 20.8. The molecule has 1 fully saturated rings.